The molecule has 1 aromatic heterocycles. The molecule has 0 saturated carbocycles. The van der Waals surface area contributed by atoms with E-state index >= 15 is 0 Å². The van der Waals surface area contributed by atoms with Crippen molar-refractivity contribution in [3.8, 4) is 5.69 Å². The summed E-state index contributed by atoms with van der Waals surface area (Å²) in [6, 6.07) is 5.93. The highest BCUT2D eigenvalue weighted by molar-refractivity contribution is 5.90. The van der Waals surface area contributed by atoms with Crippen molar-refractivity contribution in [3.63, 3.8) is 0 Å². The van der Waals surface area contributed by atoms with Crippen molar-refractivity contribution in [2.24, 2.45) is 5.73 Å². The zero-order valence-corrected chi connectivity index (χ0v) is 15.0. The summed E-state index contributed by atoms with van der Waals surface area (Å²) >= 11 is 0. The second kappa shape index (κ2) is 8.21. The van der Waals surface area contributed by atoms with Crippen molar-refractivity contribution in [3.05, 3.63) is 41.7 Å². The molecule has 0 aliphatic heterocycles. The van der Waals surface area contributed by atoms with E-state index in [2.05, 4.69) is 10.1 Å². The molecule has 1 atom stereocenters. The first kappa shape index (κ1) is 20.1. The van der Waals surface area contributed by atoms with Crippen LogP contribution in [0.15, 0.2) is 24.3 Å². The van der Waals surface area contributed by atoms with Gasteiger partial charge in [-0.2, -0.15) is 0 Å². The Hall–Kier alpha value is -1.99. The zero-order chi connectivity index (χ0) is 17.1. The van der Waals surface area contributed by atoms with Crippen LogP contribution in [0, 0.1) is 5.82 Å². The number of aromatic nitrogens is 3. The van der Waals surface area contributed by atoms with Gasteiger partial charge >= 0.3 is 0 Å². The first-order valence-corrected chi connectivity index (χ1v) is 7.55. The molecule has 2 aromatic rings. The Morgan fingerprint density at radius 1 is 1.38 bits per heavy atom. The van der Waals surface area contributed by atoms with E-state index in [0.717, 1.165) is 0 Å². The van der Waals surface area contributed by atoms with Gasteiger partial charge in [0.2, 0.25) is 5.82 Å². The maximum Gasteiger partial charge on any atom is 0.293 e. The largest absolute Gasteiger partial charge is 0.335 e. The smallest absolute Gasteiger partial charge is 0.293 e. The van der Waals surface area contributed by atoms with Crippen LogP contribution in [-0.2, 0) is 0 Å². The van der Waals surface area contributed by atoms with E-state index in [1.807, 2.05) is 20.8 Å². The number of carbonyl (C=O) groups is 1. The molecule has 1 aromatic carbocycles. The molecule has 1 amide bonds. The van der Waals surface area contributed by atoms with Crippen LogP contribution in [0.1, 0.15) is 43.1 Å². The van der Waals surface area contributed by atoms with Gasteiger partial charge in [0.05, 0.1) is 5.69 Å². The van der Waals surface area contributed by atoms with Crippen molar-refractivity contribution >= 4 is 18.3 Å². The number of benzene rings is 1. The Morgan fingerprint density at radius 2 is 2.04 bits per heavy atom. The fraction of sp³-hybridized carbons (Fsp3) is 0.438. The summed E-state index contributed by atoms with van der Waals surface area (Å²) in [6.45, 7) is 6.09. The Labute approximate surface area is 147 Å². The summed E-state index contributed by atoms with van der Waals surface area (Å²) in [6.07, 6.45) is 0. The van der Waals surface area contributed by atoms with Gasteiger partial charge in [-0.3, -0.25) is 4.79 Å². The molecule has 24 heavy (non-hydrogen) atoms. The fourth-order valence-corrected chi connectivity index (χ4v) is 2.10. The molecule has 2 rings (SSSR count). The van der Waals surface area contributed by atoms with E-state index in [0.29, 0.717) is 18.1 Å². The van der Waals surface area contributed by atoms with Crippen molar-refractivity contribution < 1.29 is 9.18 Å². The third-order valence-corrected chi connectivity index (χ3v) is 3.72. The minimum absolute atomic E-state index is 0. The number of likely N-dealkylation sites (N-methyl/N-ethyl adjacent to an activating group) is 1. The molecule has 0 bridgehead atoms. The highest BCUT2D eigenvalue weighted by Crippen LogP contribution is 2.18. The summed E-state index contributed by atoms with van der Waals surface area (Å²) in [5.41, 5.74) is 6.14. The molecule has 1 heterocycles. The Kier molecular flexibility index (Phi) is 6.86. The summed E-state index contributed by atoms with van der Waals surface area (Å²) < 4.78 is 15.0. The summed E-state index contributed by atoms with van der Waals surface area (Å²) in [5, 5.41) is 4.29. The normalized spacial score (nSPS) is 12.0. The summed E-state index contributed by atoms with van der Waals surface area (Å²) in [5.74, 6) is 0.0486. The van der Waals surface area contributed by atoms with Crippen LogP contribution in [0.3, 0.4) is 0 Å². The molecule has 0 aliphatic carbocycles. The van der Waals surface area contributed by atoms with Crippen LogP contribution in [0.25, 0.3) is 5.69 Å². The Balaban J connectivity index is 0.00000288. The minimum Gasteiger partial charge on any atom is -0.335 e. The van der Waals surface area contributed by atoms with Crippen molar-refractivity contribution in [2.45, 2.75) is 32.7 Å². The van der Waals surface area contributed by atoms with Crippen molar-refractivity contribution in [1.29, 1.82) is 0 Å². The Bertz CT molecular complexity index is 704. The van der Waals surface area contributed by atoms with Gasteiger partial charge in [-0.1, -0.05) is 19.9 Å². The number of halogens is 2. The number of nitrogens with two attached hydrogens (primary N) is 1. The van der Waals surface area contributed by atoms with Crippen molar-refractivity contribution in [2.75, 3.05) is 13.6 Å². The Morgan fingerprint density at radius 3 is 2.58 bits per heavy atom. The lowest BCUT2D eigenvalue weighted by Gasteiger charge is -2.21. The SMILES string of the molecule is CC(C)c1nc(C(=O)N(C)C(C)CN)nn1-c1cccc(F)c1.Cl. The molecule has 1 unspecified atom stereocenters. The topological polar surface area (TPSA) is 77.0 Å². The molecule has 0 spiro atoms. The monoisotopic (exact) mass is 355 g/mol. The number of hydrogen-bond acceptors (Lipinski definition) is 4. The average molecular weight is 356 g/mol. The summed E-state index contributed by atoms with van der Waals surface area (Å²) in [4.78, 5) is 18.3. The highest BCUT2D eigenvalue weighted by Gasteiger charge is 2.24. The summed E-state index contributed by atoms with van der Waals surface area (Å²) in [7, 11) is 1.66. The van der Waals surface area contributed by atoms with Crippen LogP contribution in [0.2, 0.25) is 0 Å². The molecular formula is C16H23ClFN5O. The first-order chi connectivity index (χ1) is 10.8. The van der Waals surface area contributed by atoms with Crippen LogP contribution in [0.5, 0.6) is 0 Å². The van der Waals surface area contributed by atoms with E-state index in [1.54, 1.807) is 19.2 Å². The molecule has 0 radical (unpaired) electrons. The van der Waals surface area contributed by atoms with Gasteiger partial charge in [0.25, 0.3) is 5.91 Å². The number of rotatable bonds is 5. The van der Waals surface area contributed by atoms with Crippen LogP contribution < -0.4 is 5.73 Å². The second-order valence-corrected chi connectivity index (χ2v) is 5.84. The molecule has 0 saturated heterocycles. The van der Waals surface area contributed by atoms with Crippen LogP contribution >= 0.6 is 12.4 Å². The van der Waals surface area contributed by atoms with Crippen LogP contribution in [-0.4, -0.2) is 45.2 Å². The quantitative estimate of drug-likeness (QED) is 0.893. The predicted octanol–water partition coefficient (Wildman–Crippen LogP) is 2.37. The van der Waals surface area contributed by atoms with Gasteiger partial charge in [0, 0.05) is 25.6 Å². The van der Waals surface area contributed by atoms with Crippen molar-refractivity contribution in [1.82, 2.24) is 19.7 Å². The van der Waals surface area contributed by atoms with Gasteiger partial charge in [-0.25, -0.2) is 14.1 Å². The lowest BCUT2D eigenvalue weighted by Crippen LogP contribution is -2.40. The number of amides is 1. The molecule has 132 valence electrons. The molecular weight excluding hydrogens is 333 g/mol. The third-order valence-electron chi connectivity index (χ3n) is 3.72. The standard InChI is InChI=1S/C16H22FN5O.ClH/c1-10(2)15-19-14(16(23)21(4)11(3)9-18)20-22(15)13-7-5-6-12(17)8-13;/h5-8,10-11H,9,18H2,1-4H3;1H. The van der Waals surface area contributed by atoms with E-state index in [9.17, 15) is 9.18 Å². The van der Waals surface area contributed by atoms with E-state index in [1.165, 1.54) is 21.7 Å². The van der Waals surface area contributed by atoms with E-state index < -0.39 is 0 Å². The first-order valence-electron chi connectivity index (χ1n) is 7.55. The van der Waals surface area contributed by atoms with Gasteiger partial charge in [0.1, 0.15) is 11.6 Å². The lowest BCUT2D eigenvalue weighted by atomic mass is 10.2. The molecule has 6 nitrogen and oxygen atoms in total. The second-order valence-electron chi connectivity index (χ2n) is 5.84. The van der Waals surface area contributed by atoms with Gasteiger partial charge < -0.3 is 10.6 Å². The zero-order valence-electron chi connectivity index (χ0n) is 14.2. The maximum absolute atomic E-state index is 13.5. The van der Waals surface area contributed by atoms with Crippen LogP contribution in [0.4, 0.5) is 4.39 Å². The average Bonchev–Trinajstić information content (AvgIpc) is 2.98. The van der Waals surface area contributed by atoms with E-state index in [-0.39, 0.29) is 41.9 Å². The molecule has 8 heteroatoms. The number of nitrogens with zero attached hydrogens (tertiary/aromatic N) is 4. The van der Waals surface area contributed by atoms with Gasteiger partial charge in [0.15, 0.2) is 0 Å². The minimum atomic E-state index is -0.366. The van der Waals surface area contributed by atoms with E-state index in [4.69, 9.17) is 5.73 Å². The fourth-order valence-electron chi connectivity index (χ4n) is 2.10. The van der Waals surface area contributed by atoms with Gasteiger partial charge in [-0.15, -0.1) is 17.5 Å². The molecule has 0 fully saturated rings. The number of carbonyl (C=O) groups excluding carboxylic acids is 1. The maximum atomic E-state index is 13.5. The molecule has 0 aliphatic rings. The van der Waals surface area contributed by atoms with Gasteiger partial charge in [-0.05, 0) is 25.1 Å². The number of hydrogen-bond donors (Lipinski definition) is 1. The highest BCUT2D eigenvalue weighted by atomic mass is 35.5. The lowest BCUT2D eigenvalue weighted by molar-refractivity contribution is 0.0736. The predicted molar refractivity (Wildman–Crippen MR) is 93.3 cm³/mol. The third kappa shape index (κ3) is 4.10. The molecule has 2 N–H and O–H groups in total.